The van der Waals surface area contributed by atoms with Crippen molar-refractivity contribution in [2.24, 2.45) is 0 Å². The molecular formula is C13H8ClN3O3S2. The van der Waals surface area contributed by atoms with Crippen LogP contribution in [0.25, 0.3) is 10.2 Å². The van der Waals surface area contributed by atoms with Gasteiger partial charge in [0.25, 0.3) is 5.91 Å². The summed E-state index contributed by atoms with van der Waals surface area (Å²) in [4.78, 5) is 26.8. The van der Waals surface area contributed by atoms with Crippen molar-refractivity contribution >= 4 is 60.5 Å². The number of thiazole rings is 1. The molecule has 3 rings (SSSR count). The van der Waals surface area contributed by atoms with Crippen LogP contribution < -0.4 is 5.32 Å². The van der Waals surface area contributed by atoms with Crippen molar-refractivity contribution in [1.29, 1.82) is 0 Å². The molecule has 1 N–H and O–H groups in total. The number of amides is 1. The largest absolute Gasteiger partial charge is 0.324 e. The number of benzene rings is 1. The minimum atomic E-state index is -0.526. The highest BCUT2D eigenvalue weighted by Gasteiger charge is 2.17. The predicted molar refractivity (Wildman–Crippen MR) is 88.3 cm³/mol. The molecule has 0 radical (unpaired) electrons. The maximum atomic E-state index is 12.1. The molecular weight excluding hydrogens is 346 g/mol. The summed E-state index contributed by atoms with van der Waals surface area (Å²) in [6.45, 7) is 1.91. The van der Waals surface area contributed by atoms with Gasteiger partial charge in [-0.2, -0.15) is 0 Å². The van der Waals surface area contributed by atoms with Gasteiger partial charge >= 0.3 is 5.00 Å². The van der Waals surface area contributed by atoms with E-state index in [2.05, 4.69) is 10.3 Å². The van der Waals surface area contributed by atoms with Crippen LogP contribution in [0.5, 0.6) is 0 Å². The SMILES string of the molecule is Cc1ccc(Cl)c2sc(NC(=O)c3ccc([N+](=O)[O-])s3)nc12. The zero-order valence-corrected chi connectivity index (χ0v) is 13.5. The van der Waals surface area contributed by atoms with E-state index in [0.717, 1.165) is 27.1 Å². The maximum absolute atomic E-state index is 12.1. The van der Waals surface area contributed by atoms with E-state index in [-0.39, 0.29) is 9.88 Å². The monoisotopic (exact) mass is 353 g/mol. The summed E-state index contributed by atoms with van der Waals surface area (Å²) < 4.78 is 0.800. The Morgan fingerprint density at radius 3 is 2.73 bits per heavy atom. The Labute approximate surface area is 137 Å². The molecule has 0 aliphatic heterocycles. The van der Waals surface area contributed by atoms with Gasteiger partial charge < -0.3 is 0 Å². The molecule has 0 aliphatic rings. The number of fused-ring (bicyclic) bond motifs is 1. The molecule has 9 heteroatoms. The van der Waals surface area contributed by atoms with Crippen LogP contribution in [0.2, 0.25) is 5.02 Å². The zero-order valence-electron chi connectivity index (χ0n) is 11.1. The topological polar surface area (TPSA) is 85.1 Å². The van der Waals surface area contributed by atoms with Gasteiger partial charge in [0.15, 0.2) is 5.13 Å². The number of halogens is 1. The van der Waals surface area contributed by atoms with Crippen molar-refractivity contribution in [3.05, 3.63) is 49.8 Å². The molecule has 112 valence electrons. The fourth-order valence-electron chi connectivity index (χ4n) is 1.86. The number of nitrogens with zero attached hydrogens (tertiary/aromatic N) is 2. The number of aryl methyl sites for hydroxylation is 1. The first-order valence-electron chi connectivity index (χ1n) is 6.07. The fourth-order valence-corrected chi connectivity index (χ4v) is 3.79. The Bertz CT molecular complexity index is 864. The normalized spacial score (nSPS) is 10.8. The van der Waals surface area contributed by atoms with E-state index in [0.29, 0.717) is 10.2 Å². The molecule has 2 heterocycles. The van der Waals surface area contributed by atoms with Crippen LogP contribution in [0.1, 0.15) is 15.2 Å². The molecule has 0 bridgehead atoms. The van der Waals surface area contributed by atoms with Crippen molar-refractivity contribution < 1.29 is 9.72 Å². The first-order chi connectivity index (χ1) is 10.5. The summed E-state index contributed by atoms with van der Waals surface area (Å²) in [6.07, 6.45) is 0. The Kier molecular flexibility index (Phi) is 3.81. The third-order valence-electron chi connectivity index (χ3n) is 2.91. The number of carbonyl (C=O) groups is 1. The summed E-state index contributed by atoms with van der Waals surface area (Å²) in [7, 11) is 0. The molecule has 1 amide bonds. The standard InChI is InChI=1S/C13H8ClN3O3S2/c1-6-2-3-7(14)11-10(6)15-13(22-11)16-12(18)8-4-5-9(21-8)17(19)20/h2-5H,1H3,(H,15,16,18). The second-order valence-corrected chi connectivity index (χ2v) is 6.88. The molecule has 0 spiro atoms. The first-order valence-corrected chi connectivity index (χ1v) is 8.08. The lowest BCUT2D eigenvalue weighted by molar-refractivity contribution is -0.380. The molecule has 0 aliphatic carbocycles. The highest BCUT2D eigenvalue weighted by atomic mass is 35.5. The lowest BCUT2D eigenvalue weighted by Crippen LogP contribution is -2.09. The summed E-state index contributed by atoms with van der Waals surface area (Å²) in [6, 6.07) is 6.37. The van der Waals surface area contributed by atoms with Gasteiger partial charge in [-0.3, -0.25) is 20.2 Å². The van der Waals surface area contributed by atoms with Gasteiger partial charge in [-0.25, -0.2) is 4.98 Å². The second-order valence-electron chi connectivity index (χ2n) is 4.41. The van der Waals surface area contributed by atoms with Crippen LogP contribution in [0.15, 0.2) is 24.3 Å². The third kappa shape index (κ3) is 2.68. The van der Waals surface area contributed by atoms with E-state index in [1.165, 1.54) is 23.5 Å². The number of aromatic nitrogens is 1. The highest BCUT2D eigenvalue weighted by Crippen LogP contribution is 2.34. The van der Waals surface area contributed by atoms with Crippen molar-refractivity contribution in [2.45, 2.75) is 6.92 Å². The average molecular weight is 354 g/mol. The van der Waals surface area contributed by atoms with Crippen LogP contribution in [-0.4, -0.2) is 15.8 Å². The summed E-state index contributed by atoms with van der Waals surface area (Å²) in [5.41, 5.74) is 1.70. The summed E-state index contributed by atoms with van der Waals surface area (Å²) in [5.74, 6) is -0.425. The molecule has 3 aromatic rings. The summed E-state index contributed by atoms with van der Waals surface area (Å²) >= 11 is 8.21. The average Bonchev–Trinajstić information content (AvgIpc) is 3.10. The Morgan fingerprint density at radius 1 is 1.32 bits per heavy atom. The minimum absolute atomic E-state index is 0.0756. The molecule has 0 fully saturated rings. The number of anilines is 1. The van der Waals surface area contributed by atoms with Crippen LogP contribution in [0.4, 0.5) is 10.1 Å². The van der Waals surface area contributed by atoms with Gasteiger partial charge in [-0.1, -0.05) is 40.3 Å². The van der Waals surface area contributed by atoms with E-state index in [4.69, 9.17) is 11.6 Å². The molecule has 22 heavy (non-hydrogen) atoms. The molecule has 1 aromatic carbocycles. The molecule has 0 atom stereocenters. The van der Waals surface area contributed by atoms with Gasteiger partial charge in [0.1, 0.15) is 0 Å². The number of nitro groups is 1. The van der Waals surface area contributed by atoms with Crippen molar-refractivity contribution in [3.8, 4) is 0 Å². The number of hydrogen-bond donors (Lipinski definition) is 1. The second kappa shape index (κ2) is 5.64. The van der Waals surface area contributed by atoms with Crippen molar-refractivity contribution in [1.82, 2.24) is 4.98 Å². The number of nitrogens with one attached hydrogen (secondary N) is 1. The maximum Gasteiger partial charge on any atom is 0.324 e. The van der Waals surface area contributed by atoms with E-state index < -0.39 is 10.8 Å². The number of rotatable bonds is 3. The Balaban J connectivity index is 1.89. The quantitative estimate of drug-likeness (QED) is 0.555. The third-order valence-corrected chi connectivity index (χ3v) is 5.38. The lowest BCUT2D eigenvalue weighted by Gasteiger charge is -1.96. The molecule has 2 aromatic heterocycles. The van der Waals surface area contributed by atoms with Gasteiger partial charge in [-0.15, -0.1) is 0 Å². The zero-order chi connectivity index (χ0) is 15.9. The Hall–Kier alpha value is -2.03. The fraction of sp³-hybridized carbons (Fsp3) is 0.0769. The van der Waals surface area contributed by atoms with Crippen LogP contribution in [0.3, 0.4) is 0 Å². The van der Waals surface area contributed by atoms with Gasteiger partial charge in [0.2, 0.25) is 0 Å². The number of thiophene rings is 1. The summed E-state index contributed by atoms with van der Waals surface area (Å²) in [5, 5.41) is 14.2. The predicted octanol–water partition coefficient (Wildman–Crippen LogP) is 4.48. The highest BCUT2D eigenvalue weighted by molar-refractivity contribution is 7.23. The van der Waals surface area contributed by atoms with Crippen LogP contribution >= 0.6 is 34.3 Å². The number of hydrogen-bond acceptors (Lipinski definition) is 6. The van der Waals surface area contributed by atoms with Crippen molar-refractivity contribution in [2.75, 3.05) is 5.32 Å². The number of carbonyl (C=O) groups excluding carboxylic acids is 1. The molecule has 6 nitrogen and oxygen atoms in total. The van der Waals surface area contributed by atoms with E-state index in [9.17, 15) is 14.9 Å². The molecule has 0 saturated carbocycles. The molecule has 0 unspecified atom stereocenters. The van der Waals surface area contributed by atoms with Crippen molar-refractivity contribution in [3.63, 3.8) is 0 Å². The van der Waals surface area contributed by atoms with Gasteiger partial charge in [-0.05, 0) is 24.6 Å². The minimum Gasteiger partial charge on any atom is -0.297 e. The van der Waals surface area contributed by atoms with E-state index >= 15 is 0 Å². The van der Waals surface area contributed by atoms with Crippen LogP contribution in [0, 0.1) is 17.0 Å². The van der Waals surface area contributed by atoms with E-state index in [1.807, 2.05) is 13.0 Å². The molecule has 0 saturated heterocycles. The van der Waals surface area contributed by atoms with Gasteiger partial charge in [0.05, 0.1) is 25.0 Å². The van der Waals surface area contributed by atoms with Gasteiger partial charge in [0, 0.05) is 6.07 Å². The van der Waals surface area contributed by atoms with Crippen LogP contribution in [-0.2, 0) is 0 Å². The first kappa shape index (κ1) is 14.9. The lowest BCUT2D eigenvalue weighted by atomic mass is 10.2. The smallest absolute Gasteiger partial charge is 0.297 e. The van der Waals surface area contributed by atoms with E-state index in [1.54, 1.807) is 6.07 Å². The Morgan fingerprint density at radius 2 is 2.09 bits per heavy atom.